The van der Waals surface area contributed by atoms with Crippen LogP contribution >= 0.6 is 0 Å². The molecule has 0 radical (unpaired) electrons. The van der Waals surface area contributed by atoms with Crippen LogP contribution in [-0.4, -0.2) is 42.0 Å². The van der Waals surface area contributed by atoms with E-state index in [1.807, 2.05) is 6.21 Å². The maximum Gasteiger partial charge on any atom is 0.117 e. The highest BCUT2D eigenvalue weighted by Crippen LogP contribution is 2.14. The monoisotopic (exact) mass is 541 g/mol. The van der Waals surface area contributed by atoms with Gasteiger partial charge in [0.15, 0.2) is 0 Å². The lowest BCUT2D eigenvalue weighted by atomic mass is 10.0. The Balaban J connectivity index is 0. The highest BCUT2D eigenvalue weighted by molar-refractivity contribution is 5.56. The number of nitrogens with one attached hydrogen (secondary N) is 1. The van der Waals surface area contributed by atoms with Crippen LogP contribution in [0.4, 0.5) is 0 Å². The van der Waals surface area contributed by atoms with Gasteiger partial charge in [0, 0.05) is 12.8 Å². The lowest BCUT2D eigenvalue weighted by molar-refractivity contribution is 0.140. The Morgan fingerprint density at radius 1 is 0.605 bits per heavy atom. The van der Waals surface area contributed by atoms with E-state index in [2.05, 4.69) is 19.0 Å². The van der Waals surface area contributed by atoms with Crippen LogP contribution in [0, 0.1) is 5.41 Å². The summed E-state index contributed by atoms with van der Waals surface area (Å²) in [6.07, 6.45) is 34.5. The molecule has 5 heteroatoms. The van der Waals surface area contributed by atoms with Gasteiger partial charge in [-0.3, -0.25) is 0 Å². The Kier molecular flexibility index (Phi) is 39.4. The molecule has 0 spiro atoms. The zero-order chi connectivity index (χ0) is 28.2. The number of nitrogens with zero attached hydrogens (tertiary/aromatic N) is 1. The molecule has 38 heavy (non-hydrogen) atoms. The molecule has 5 nitrogen and oxygen atoms in total. The van der Waals surface area contributed by atoms with Gasteiger partial charge in [-0.2, -0.15) is 0 Å². The summed E-state index contributed by atoms with van der Waals surface area (Å²) < 4.78 is 0. The Morgan fingerprint density at radius 3 is 1.58 bits per heavy atom. The molecule has 1 unspecified atom stereocenters. The predicted octanol–water partition coefficient (Wildman–Crippen LogP) is 10.2. The largest absolute Gasteiger partial charge is 0.396 e. The van der Waals surface area contributed by atoms with E-state index >= 15 is 0 Å². The Hall–Kier alpha value is -0.940. The molecular weight excluding hydrogens is 472 g/mol. The van der Waals surface area contributed by atoms with Crippen molar-refractivity contribution in [1.29, 1.82) is 5.41 Å². The summed E-state index contributed by atoms with van der Waals surface area (Å²) in [5, 5.41) is 29.5. The Bertz CT molecular complexity index is 440. The van der Waals surface area contributed by atoms with E-state index in [-0.39, 0.29) is 6.10 Å². The topological polar surface area (TPSA) is 85.9 Å². The average molecular weight is 541 g/mol. The number of aliphatic hydroxyl groups excluding tert-OH is 2. The van der Waals surface area contributed by atoms with Crippen LogP contribution < -0.4 is 0 Å². The molecular formula is C33H68N2O3. The summed E-state index contributed by atoms with van der Waals surface area (Å²) in [4.78, 5) is 5.30. The SMILES string of the molecule is CCCCCCCO.CCCCCCCO/N=C/CCCCCCCCC(O)CCCCCCCCC=N. The van der Waals surface area contributed by atoms with Gasteiger partial charge in [-0.15, -0.1) is 0 Å². The first kappa shape index (κ1) is 39.2. The number of hydrogen-bond acceptors (Lipinski definition) is 5. The fourth-order valence-corrected chi connectivity index (χ4v) is 4.44. The molecule has 0 aromatic heterocycles. The van der Waals surface area contributed by atoms with Crippen molar-refractivity contribution in [2.75, 3.05) is 13.2 Å². The second-order valence-corrected chi connectivity index (χ2v) is 10.9. The lowest BCUT2D eigenvalue weighted by Crippen LogP contribution is -2.05. The van der Waals surface area contributed by atoms with Crippen molar-refractivity contribution in [2.45, 2.75) is 187 Å². The van der Waals surface area contributed by atoms with Gasteiger partial charge in [0.2, 0.25) is 0 Å². The summed E-state index contributed by atoms with van der Waals surface area (Å²) >= 11 is 0. The maximum atomic E-state index is 10.1. The third kappa shape index (κ3) is 39.6. The number of unbranched alkanes of at least 4 members (excludes halogenated alkanes) is 20. The zero-order valence-corrected chi connectivity index (χ0v) is 25.8. The average Bonchev–Trinajstić information content (AvgIpc) is 2.92. The summed E-state index contributed by atoms with van der Waals surface area (Å²) in [7, 11) is 0. The van der Waals surface area contributed by atoms with Crippen molar-refractivity contribution in [3.63, 3.8) is 0 Å². The molecule has 0 aliphatic rings. The van der Waals surface area contributed by atoms with Crippen molar-refractivity contribution >= 4 is 12.4 Å². The van der Waals surface area contributed by atoms with E-state index in [0.717, 1.165) is 58.0 Å². The summed E-state index contributed by atoms with van der Waals surface area (Å²) in [5.41, 5.74) is 0. The second-order valence-electron chi connectivity index (χ2n) is 10.9. The minimum atomic E-state index is -0.0919. The standard InChI is InChI=1S/C26H52N2O2.C7H16O/c1-2-3-4-15-20-25-30-28-24-19-14-10-6-8-12-17-22-26(29)21-16-11-7-5-9-13-18-23-27;1-2-3-4-5-6-7-8/h23-24,26-27,29H,2-22,25H2,1H3;8H,2-7H2,1H3/b27-23?,28-24+;. The first-order chi connectivity index (χ1) is 18.7. The lowest BCUT2D eigenvalue weighted by Gasteiger charge is -2.10. The first-order valence-electron chi connectivity index (χ1n) is 16.6. The van der Waals surface area contributed by atoms with Gasteiger partial charge in [0.05, 0.1) is 6.10 Å². The highest BCUT2D eigenvalue weighted by atomic mass is 16.6. The van der Waals surface area contributed by atoms with Crippen molar-refractivity contribution in [2.24, 2.45) is 5.16 Å². The second kappa shape index (κ2) is 38.2. The van der Waals surface area contributed by atoms with Crippen LogP contribution in [-0.2, 0) is 4.84 Å². The molecule has 3 N–H and O–H groups in total. The van der Waals surface area contributed by atoms with Crippen LogP contribution in [0.15, 0.2) is 5.16 Å². The Morgan fingerprint density at radius 2 is 1.05 bits per heavy atom. The fraction of sp³-hybridized carbons (Fsp3) is 0.939. The summed E-state index contributed by atoms with van der Waals surface area (Å²) in [6, 6.07) is 0. The van der Waals surface area contributed by atoms with Gasteiger partial charge in [-0.05, 0) is 64.0 Å². The van der Waals surface area contributed by atoms with Crippen LogP contribution in [0.2, 0.25) is 0 Å². The van der Waals surface area contributed by atoms with Gasteiger partial charge in [0.25, 0.3) is 0 Å². The predicted molar refractivity (Wildman–Crippen MR) is 168 cm³/mol. The van der Waals surface area contributed by atoms with Crippen molar-refractivity contribution in [3.8, 4) is 0 Å². The van der Waals surface area contributed by atoms with E-state index in [1.54, 1.807) is 0 Å². The van der Waals surface area contributed by atoms with Crippen LogP contribution in [0.25, 0.3) is 0 Å². The van der Waals surface area contributed by atoms with E-state index in [1.165, 1.54) is 122 Å². The normalized spacial score (nSPS) is 11.9. The molecule has 0 aromatic carbocycles. The minimum absolute atomic E-state index is 0.0919. The molecule has 0 rings (SSSR count). The molecule has 0 fully saturated rings. The van der Waals surface area contributed by atoms with Gasteiger partial charge in [0.1, 0.15) is 6.61 Å². The third-order valence-corrected chi connectivity index (χ3v) is 7.01. The van der Waals surface area contributed by atoms with Gasteiger partial charge in [-0.25, -0.2) is 0 Å². The van der Waals surface area contributed by atoms with E-state index in [0.29, 0.717) is 6.61 Å². The first-order valence-corrected chi connectivity index (χ1v) is 16.6. The number of aliphatic hydroxyl groups is 2. The highest BCUT2D eigenvalue weighted by Gasteiger charge is 2.03. The molecule has 0 saturated carbocycles. The summed E-state index contributed by atoms with van der Waals surface area (Å²) in [6.45, 7) is 5.56. The van der Waals surface area contributed by atoms with Crippen molar-refractivity contribution in [1.82, 2.24) is 0 Å². The van der Waals surface area contributed by atoms with Crippen molar-refractivity contribution < 1.29 is 15.1 Å². The molecule has 0 bridgehead atoms. The van der Waals surface area contributed by atoms with E-state index in [4.69, 9.17) is 15.4 Å². The number of rotatable bonds is 30. The molecule has 0 aliphatic heterocycles. The number of oxime groups is 1. The maximum absolute atomic E-state index is 10.1. The molecule has 0 amide bonds. The van der Waals surface area contributed by atoms with Crippen molar-refractivity contribution in [3.05, 3.63) is 0 Å². The van der Waals surface area contributed by atoms with Gasteiger partial charge in [-0.1, -0.05) is 128 Å². The summed E-state index contributed by atoms with van der Waals surface area (Å²) in [5.74, 6) is 0. The van der Waals surface area contributed by atoms with Gasteiger partial charge < -0.3 is 20.5 Å². The minimum Gasteiger partial charge on any atom is -0.396 e. The number of hydrogen-bond donors (Lipinski definition) is 3. The third-order valence-electron chi connectivity index (χ3n) is 7.01. The quantitative estimate of drug-likeness (QED) is 0.0481. The van der Waals surface area contributed by atoms with Crippen LogP contribution in [0.3, 0.4) is 0 Å². The molecule has 228 valence electrons. The molecule has 0 saturated heterocycles. The van der Waals surface area contributed by atoms with E-state index < -0.39 is 0 Å². The molecule has 0 aromatic rings. The Labute approximate surface area is 238 Å². The van der Waals surface area contributed by atoms with E-state index in [9.17, 15) is 5.11 Å². The fourth-order valence-electron chi connectivity index (χ4n) is 4.44. The molecule has 0 aliphatic carbocycles. The van der Waals surface area contributed by atoms with Crippen LogP contribution in [0.1, 0.15) is 181 Å². The zero-order valence-electron chi connectivity index (χ0n) is 25.8. The van der Waals surface area contributed by atoms with Gasteiger partial charge >= 0.3 is 0 Å². The molecule has 0 heterocycles. The van der Waals surface area contributed by atoms with Crippen LogP contribution in [0.5, 0.6) is 0 Å². The smallest absolute Gasteiger partial charge is 0.117 e. The molecule has 1 atom stereocenters.